The molecule has 0 unspecified atom stereocenters. The van der Waals surface area contributed by atoms with Gasteiger partial charge in [-0.2, -0.15) is 0 Å². The summed E-state index contributed by atoms with van der Waals surface area (Å²) in [4.78, 5) is 14.5. The molecular weight excluding hydrogens is 398 g/mol. The fraction of sp³-hybridized carbons (Fsp3) is 0.375. The molecule has 1 fully saturated rings. The maximum Gasteiger partial charge on any atom is 0.266 e. The topological polar surface area (TPSA) is 38.8 Å². The van der Waals surface area contributed by atoms with Crippen molar-refractivity contribution >= 4 is 56.2 Å². The molecule has 23 heavy (non-hydrogen) atoms. The van der Waals surface area contributed by atoms with Crippen LogP contribution >= 0.6 is 39.9 Å². The van der Waals surface area contributed by atoms with E-state index in [0.717, 1.165) is 10.0 Å². The Bertz CT molecular complexity index is 661. The van der Waals surface area contributed by atoms with Crippen molar-refractivity contribution in [3.8, 4) is 11.5 Å². The zero-order valence-electron chi connectivity index (χ0n) is 13.2. The normalized spacial score (nSPS) is 16.3. The minimum atomic E-state index is -0.0544. The van der Waals surface area contributed by atoms with Gasteiger partial charge in [-0.05, 0) is 44.5 Å². The number of nitrogens with zero attached hydrogens (tertiary/aromatic N) is 1. The van der Waals surface area contributed by atoms with E-state index in [1.807, 2.05) is 39.0 Å². The highest BCUT2D eigenvalue weighted by atomic mass is 79.9. The Morgan fingerprint density at radius 3 is 2.35 bits per heavy atom. The molecule has 0 aliphatic carbocycles. The fourth-order valence-corrected chi connectivity index (χ4v) is 3.92. The van der Waals surface area contributed by atoms with Gasteiger partial charge in [0.05, 0.1) is 18.1 Å². The molecule has 1 aliphatic heterocycles. The summed E-state index contributed by atoms with van der Waals surface area (Å²) >= 11 is 10.1. The lowest BCUT2D eigenvalue weighted by Crippen LogP contribution is -2.27. The van der Waals surface area contributed by atoms with Crippen LogP contribution in [0.15, 0.2) is 21.5 Å². The number of benzene rings is 1. The summed E-state index contributed by atoms with van der Waals surface area (Å²) in [5.41, 5.74) is 0.855. The monoisotopic (exact) mass is 415 g/mol. The van der Waals surface area contributed by atoms with Crippen LogP contribution in [0, 0.1) is 0 Å². The highest BCUT2D eigenvalue weighted by molar-refractivity contribution is 9.10. The van der Waals surface area contributed by atoms with Crippen LogP contribution in [0.3, 0.4) is 0 Å². The number of amides is 1. The lowest BCUT2D eigenvalue weighted by atomic mass is 10.2. The first kappa shape index (κ1) is 18.3. The SMILES string of the molecule is CCOc1cc(Br)c(/C=C2\SC(=S)N(CC)C2=O)cc1OCC. The van der Waals surface area contributed by atoms with Crippen LogP contribution in [0.2, 0.25) is 0 Å². The Hall–Kier alpha value is -1.05. The van der Waals surface area contributed by atoms with Gasteiger partial charge in [-0.3, -0.25) is 9.69 Å². The van der Waals surface area contributed by atoms with Crippen molar-refractivity contribution in [3.05, 3.63) is 27.1 Å². The van der Waals surface area contributed by atoms with Crippen LogP contribution in [-0.2, 0) is 4.79 Å². The van der Waals surface area contributed by atoms with Gasteiger partial charge in [-0.25, -0.2) is 0 Å². The van der Waals surface area contributed by atoms with Crippen molar-refractivity contribution in [2.24, 2.45) is 0 Å². The van der Waals surface area contributed by atoms with Crippen molar-refractivity contribution < 1.29 is 14.3 Å². The van der Waals surface area contributed by atoms with E-state index in [-0.39, 0.29) is 5.91 Å². The molecule has 0 radical (unpaired) electrons. The zero-order valence-corrected chi connectivity index (χ0v) is 16.4. The Balaban J connectivity index is 2.40. The minimum Gasteiger partial charge on any atom is -0.490 e. The Morgan fingerprint density at radius 2 is 1.83 bits per heavy atom. The fourth-order valence-electron chi connectivity index (χ4n) is 2.11. The molecule has 0 spiro atoms. The number of thioether (sulfide) groups is 1. The molecule has 2 rings (SSSR count). The highest BCUT2D eigenvalue weighted by Crippen LogP contribution is 2.38. The lowest BCUT2D eigenvalue weighted by Gasteiger charge is -2.13. The van der Waals surface area contributed by atoms with Gasteiger partial charge in [-0.15, -0.1) is 0 Å². The summed E-state index contributed by atoms with van der Waals surface area (Å²) in [7, 11) is 0. The van der Waals surface area contributed by atoms with E-state index < -0.39 is 0 Å². The molecule has 1 aromatic carbocycles. The van der Waals surface area contributed by atoms with Gasteiger partial charge in [0.25, 0.3) is 5.91 Å². The van der Waals surface area contributed by atoms with Crippen LogP contribution in [-0.4, -0.2) is 34.9 Å². The Morgan fingerprint density at radius 1 is 1.22 bits per heavy atom. The zero-order chi connectivity index (χ0) is 17.0. The van der Waals surface area contributed by atoms with Crippen LogP contribution in [0.4, 0.5) is 0 Å². The maximum absolute atomic E-state index is 12.3. The van der Waals surface area contributed by atoms with Crippen molar-refractivity contribution in [1.82, 2.24) is 4.90 Å². The molecule has 0 atom stereocenters. The average molecular weight is 416 g/mol. The summed E-state index contributed by atoms with van der Waals surface area (Å²) in [6.07, 6.45) is 1.83. The lowest BCUT2D eigenvalue weighted by molar-refractivity contribution is -0.121. The van der Waals surface area contributed by atoms with Gasteiger partial charge >= 0.3 is 0 Å². The van der Waals surface area contributed by atoms with Crippen LogP contribution in [0.5, 0.6) is 11.5 Å². The van der Waals surface area contributed by atoms with Crippen molar-refractivity contribution in [3.63, 3.8) is 0 Å². The van der Waals surface area contributed by atoms with Gasteiger partial charge in [0, 0.05) is 11.0 Å². The Kier molecular flexibility index (Phi) is 6.50. The van der Waals surface area contributed by atoms with E-state index in [9.17, 15) is 4.79 Å². The molecule has 124 valence electrons. The van der Waals surface area contributed by atoms with Gasteiger partial charge in [0.1, 0.15) is 4.32 Å². The van der Waals surface area contributed by atoms with Gasteiger partial charge in [0.15, 0.2) is 11.5 Å². The smallest absolute Gasteiger partial charge is 0.266 e. The molecule has 0 aromatic heterocycles. The van der Waals surface area contributed by atoms with Gasteiger partial charge < -0.3 is 9.47 Å². The molecule has 7 heteroatoms. The van der Waals surface area contributed by atoms with Crippen LogP contribution in [0.25, 0.3) is 6.08 Å². The molecule has 0 N–H and O–H groups in total. The summed E-state index contributed by atoms with van der Waals surface area (Å²) in [5.74, 6) is 1.29. The van der Waals surface area contributed by atoms with E-state index in [1.165, 1.54) is 11.8 Å². The number of rotatable bonds is 6. The summed E-state index contributed by atoms with van der Waals surface area (Å²) in [6.45, 7) is 7.43. The molecule has 1 aliphatic rings. The first-order chi connectivity index (χ1) is 11.0. The second-order valence-corrected chi connectivity index (χ2v) is 7.14. The quantitative estimate of drug-likeness (QED) is 0.506. The largest absolute Gasteiger partial charge is 0.490 e. The summed E-state index contributed by atoms with van der Waals surface area (Å²) in [6, 6.07) is 3.73. The third-order valence-corrected chi connectivity index (χ3v) is 5.20. The molecular formula is C16H18BrNO3S2. The molecule has 4 nitrogen and oxygen atoms in total. The summed E-state index contributed by atoms with van der Waals surface area (Å²) in [5, 5.41) is 0. The molecule has 0 saturated carbocycles. The number of hydrogen-bond donors (Lipinski definition) is 0. The molecule has 1 saturated heterocycles. The van der Waals surface area contributed by atoms with E-state index >= 15 is 0 Å². The maximum atomic E-state index is 12.3. The second kappa shape index (κ2) is 8.17. The van der Waals surface area contributed by atoms with Crippen LogP contribution in [0.1, 0.15) is 26.3 Å². The number of likely N-dealkylation sites (N-methyl/N-ethyl adjacent to an activating group) is 1. The molecule has 0 bridgehead atoms. The predicted molar refractivity (Wildman–Crippen MR) is 102 cm³/mol. The van der Waals surface area contributed by atoms with Crippen LogP contribution < -0.4 is 9.47 Å². The first-order valence-electron chi connectivity index (χ1n) is 7.36. The molecule has 1 heterocycles. The number of halogens is 1. The van der Waals surface area contributed by atoms with E-state index in [1.54, 1.807) is 4.90 Å². The number of thiocarbonyl (C=S) groups is 1. The third-order valence-electron chi connectivity index (χ3n) is 3.14. The summed E-state index contributed by atoms with van der Waals surface area (Å²) < 4.78 is 12.7. The van der Waals surface area contributed by atoms with Crippen molar-refractivity contribution in [2.45, 2.75) is 20.8 Å². The molecule has 1 aromatic rings. The predicted octanol–water partition coefficient (Wildman–Crippen LogP) is 4.47. The van der Waals surface area contributed by atoms with Gasteiger partial charge in [-0.1, -0.05) is 39.9 Å². The van der Waals surface area contributed by atoms with E-state index in [0.29, 0.717) is 40.5 Å². The second-order valence-electron chi connectivity index (χ2n) is 4.61. The number of carbonyl (C=O) groups is 1. The third kappa shape index (κ3) is 4.08. The standard InChI is InChI=1S/C16H18BrNO3S2/c1-4-18-15(19)14(23-16(18)22)8-10-7-12(20-5-2)13(21-6-3)9-11(10)17/h7-9H,4-6H2,1-3H3/b14-8-. The minimum absolute atomic E-state index is 0.0544. The van der Waals surface area contributed by atoms with Crippen molar-refractivity contribution in [1.29, 1.82) is 0 Å². The highest BCUT2D eigenvalue weighted by Gasteiger charge is 2.30. The number of carbonyl (C=O) groups excluding carboxylic acids is 1. The number of hydrogen-bond acceptors (Lipinski definition) is 5. The van der Waals surface area contributed by atoms with E-state index in [2.05, 4.69) is 15.9 Å². The van der Waals surface area contributed by atoms with E-state index in [4.69, 9.17) is 21.7 Å². The Labute approximate surface area is 154 Å². The van der Waals surface area contributed by atoms with Crippen molar-refractivity contribution in [2.75, 3.05) is 19.8 Å². The molecule has 1 amide bonds. The average Bonchev–Trinajstić information content (AvgIpc) is 2.78. The number of ether oxygens (including phenoxy) is 2. The van der Waals surface area contributed by atoms with Gasteiger partial charge in [0.2, 0.25) is 0 Å². The first-order valence-corrected chi connectivity index (χ1v) is 9.38.